The van der Waals surface area contributed by atoms with Crippen molar-refractivity contribution in [3.8, 4) is 0 Å². The van der Waals surface area contributed by atoms with Gasteiger partial charge < -0.3 is 10.3 Å². The molecule has 0 spiro atoms. The van der Waals surface area contributed by atoms with E-state index >= 15 is 0 Å². The van der Waals surface area contributed by atoms with E-state index in [4.69, 9.17) is 5.73 Å². The third-order valence-corrected chi connectivity index (χ3v) is 4.08. The van der Waals surface area contributed by atoms with E-state index < -0.39 is 0 Å². The van der Waals surface area contributed by atoms with Crippen molar-refractivity contribution < 1.29 is 4.39 Å². The molecule has 1 heterocycles. The lowest BCUT2D eigenvalue weighted by atomic mass is 10.0. The fraction of sp³-hybridized carbons (Fsp3) is 0.438. The maximum Gasteiger partial charge on any atom is 0.123 e. The van der Waals surface area contributed by atoms with Crippen LogP contribution in [0.4, 0.5) is 4.39 Å². The Labute approximate surface area is 118 Å². The Hall–Kier alpha value is -1.68. The zero-order valence-electron chi connectivity index (χ0n) is 11.8. The molecule has 4 heteroatoms. The quantitative estimate of drug-likeness (QED) is 0.934. The van der Waals surface area contributed by atoms with Crippen molar-refractivity contribution in [1.82, 2.24) is 9.55 Å². The van der Waals surface area contributed by atoms with E-state index in [-0.39, 0.29) is 11.9 Å². The molecular formula is C16H20FN3. The molecule has 1 aromatic carbocycles. The number of benzene rings is 1. The third kappa shape index (κ3) is 2.48. The van der Waals surface area contributed by atoms with E-state index in [1.165, 1.54) is 36.4 Å². The first kappa shape index (κ1) is 13.3. The van der Waals surface area contributed by atoms with Crippen LogP contribution >= 0.6 is 0 Å². The largest absolute Gasteiger partial charge is 0.330 e. The molecule has 2 aromatic rings. The van der Waals surface area contributed by atoms with Crippen molar-refractivity contribution >= 4 is 0 Å². The Balaban J connectivity index is 1.86. The average Bonchev–Trinajstić information content (AvgIpc) is 2.75. The van der Waals surface area contributed by atoms with Crippen LogP contribution in [-0.4, -0.2) is 9.55 Å². The number of imidazole rings is 1. The number of nitrogens with two attached hydrogens (primary N) is 1. The second-order valence-electron chi connectivity index (χ2n) is 5.53. The van der Waals surface area contributed by atoms with Gasteiger partial charge in [0, 0.05) is 18.3 Å². The van der Waals surface area contributed by atoms with E-state index in [1.807, 2.05) is 13.0 Å². The fourth-order valence-corrected chi connectivity index (χ4v) is 3.02. The third-order valence-electron chi connectivity index (χ3n) is 4.08. The average molecular weight is 273 g/mol. The van der Waals surface area contributed by atoms with Gasteiger partial charge in [-0.2, -0.15) is 0 Å². The Morgan fingerprint density at radius 1 is 1.35 bits per heavy atom. The lowest BCUT2D eigenvalue weighted by molar-refractivity contribution is 0.529. The summed E-state index contributed by atoms with van der Waals surface area (Å²) in [5.74, 6) is 0.783. The van der Waals surface area contributed by atoms with Gasteiger partial charge in [0.15, 0.2) is 0 Å². The van der Waals surface area contributed by atoms with Crippen LogP contribution in [0.1, 0.15) is 41.7 Å². The minimum absolute atomic E-state index is 0.204. The van der Waals surface area contributed by atoms with Gasteiger partial charge in [0.25, 0.3) is 0 Å². The summed E-state index contributed by atoms with van der Waals surface area (Å²) in [6, 6.07) is 6.35. The lowest BCUT2D eigenvalue weighted by Gasteiger charge is -2.19. The molecule has 1 atom stereocenters. The van der Waals surface area contributed by atoms with Crippen LogP contribution in [0.15, 0.2) is 24.3 Å². The standard InChI is InChI=1S/C16H20FN3/c1-11-19-15-7-2-3-8-16(15)20(11)10-14(18)12-5-4-6-13(17)9-12/h4-6,9,14H,2-3,7-8,10,18H2,1H3. The monoisotopic (exact) mass is 273 g/mol. The molecule has 106 valence electrons. The maximum atomic E-state index is 13.3. The second-order valence-corrected chi connectivity index (χ2v) is 5.53. The summed E-state index contributed by atoms with van der Waals surface area (Å²) in [5.41, 5.74) is 9.62. The molecule has 0 saturated heterocycles. The minimum Gasteiger partial charge on any atom is -0.330 e. The zero-order chi connectivity index (χ0) is 14.1. The first-order chi connectivity index (χ1) is 9.65. The van der Waals surface area contributed by atoms with Crippen LogP contribution in [0, 0.1) is 12.7 Å². The van der Waals surface area contributed by atoms with Gasteiger partial charge in [-0.05, 0) is 50.3 Å². The molecular weight excluding hydrogens is 253 g/mol. The van der Waals surface area contributed by atoms with Crippen molar-refractivity contribution in [2.24, 2.45) is 5.73 Å². The molecule has 0 fully saturated rings. The van der Waals surface area contributed by atoms with Crippen molar-refractivity contribution in [2.45, 2.75) is 45.2 Å². The molecule has 1 aliphatic carbocycles. The molecule has 3 nitrogen and oxygen atoms in total. The van der Waals surface area contributed by atoms with Crippen LogP contribution in [0.25, 0.3) is 0 Å². The summed E-state index contributed by atoms with van der Waals surface area (Å²) >= 11 is 0. The number of aryl methyl sites for hydroxylation is 2. The van der Waals surface area contributed by atoms with Crippen LogP contribution in [0.5, 0.6) is 0 Å². The van der Waals surface area contributed by atoms with Crippen LogP contribution in [-0.2, 0) is 19.4 Å². The maximum absolute atomic E-state index is 13.3. The van der Waals surface area contributed by atoms with Crippen molar-refractivity contribution in [3.63, 3.8) is 0 Å². The van der Waals surface area contributed by atoms with Gasteiger partial charge >= 0.3 is 0 Å². The number of rotatable bonds is 3. The smallest absolute Gasteiger partial charge is 0.123 e. The zero-order valence-corrected chi connectivity index (χ0v) is 11.8. The summed E-state index contributed by atoms with van der Waals surface area (Å²) in [5, 5.41) is 0. The van der Waals surface area contributed by atoms with Crippen molar-refractivity contribution in [3.05, 3.63) is 52.9 Å². The molecule has 1 aromatic heterocycles. The van der Waals surface area contributed by atoms with Gasteiger partial charge in [0.05, 0.1) is 5.69 Å². The first-order valence-corrected chi connectivity index (χ1v) is 7.21. The van der Waals surface area contributed by atoms with Gasteiger partial charge in [0.1, 0.15) is 11.6 Å². The van der Waals surface area contributed by atoms with Gasteiger partial charge in [-0.3, -0.25) is 0 Å². The first-order valence-electron chi connectivity index (χ1n) is 7.21. The van der Waals surface area contributed by atoms with Crippen LogP contribution in [0.2, 0.25) is 0 Å². The molecule has 0 amide bonds. The van der Waals surface area contributed by atoms with Gasteiger partial charge in [-0.15, -0.1) is 0 Å². The summed E-state index contributed by atoms with van der Waals surface area (Å²) < 4.78 is 15.5. The summed E-state index contributed by atoms with van der Waals surface area (Å²) in [6.07, 6.45) is 4.58. The number of hydrogen-bond acceptors (Lipinski definition) is 2. The Morgan fingerprint density at radius 2 is 2.15 bits per heavy atom. The highest BCUT2D eigenvalue weighted by molar-refractivity contribution is 5.23. The van der Waals surface area contributed by atoms with E-state index in [0.29, 0.717) is 6.54 Å². The molecule has 0 bridgehead atoms. The predicted octanol–water partition coefficient (Wildman–Crippen LogP) is 2.91. The molecule has 20 heavy (non-hydrogen) atoms. The van der Waals surface area contributed by atoms with Crippen molar-refractivity contribution in [1.29, 1.82) is 0 Å². The fourth-order valence-electron chi connectivity index (χ4n) is 3.02. The topological polar surface area (TPSA) is 43.8 Å². The van der Waals surface area contributed by atoms with E-state index in [0.717, 1.165) is 24.2 Å². The highest BCUT2D eigenvalue weighted by atomic mass is 19.1. The molecule has 0 saturated carbocycles. The van der Waals surface area contributed by atoms with Gasteiger partial charge in [-0.25, -0.2) is 9.37 Å². The van der Waals surface area contributed by atoms with E-state index in [2.05, 4.69) is 9.55 Å². The number of halogens is 1. The molecule has 1 aliphatic rings. The molecule has 2 N–H and O–H groups in total. The second kappa shape index (κ2) is 5.37. The summed E-state index contributed by atoms with van der Waals surface area (Å²) in [6.45, 7) is 2.69. The van der Waals surface area contributed by atoms with E-state index in [1.54, 1.807) is 6.07 Å². The number of aromatic nitrogens is 2. The molecule has 0 aliphatic heterocycles. The van der Waals surface area contributed by atoms with Gasteiger partial charge in [0.2, 0.25) is 0 Å². The highest BCUT2D eigenvalue weighted by Gasteiger charge is 2.19. The summed E-state index contributed by atoms with van der Waals surface area (Å²) in [7, 11) is 0. The Bertz CT molecular complexity index is 618. The molecule has 3 rings (SSSR count). The Morgan fingerprint density at radius 3 is 2.95 bits per heavy atom. The van der Waals surface area contributed by atoms with Gasteiger partial charge in [-0.1, -0.05) is 12.1 Å². The Kier molecular flexibility index (Phi) is 3.57. The lowest BCUT2D eigenvalue weighted by Crippen LogP contribution is -2.20. The summed E-state index contributed by atoms with van der Waals surface area (Å²) in [4.78, 5) is 4.65. The number of nitrogens with zero attached hydrogens (tertiary/aromatic N) is 2. The number of hydrogen-bond donors (Lipinski definition) is 1. The van der Waals surface area contributed by atoms with Crippen molar-refractivity contribution in [2.75, 3.05) is 0 Å². The predicted molar refractivity (Wildman–Crippen MR) is 76.9 cm³/mol. The van der Waals surface area contributed by atoms with E-state index in [9.17, 15) is 4.39 Å². The molecule has 0 radical (unpaired) electrons. The highest BCUT2D eigenvalue weighted by Crippen LogP contribution is 2.24. The molecule has 1 unspecified atom stereocenters. The normalized spacial score (nSPS) is 15.9. The van der Waals surface area contributed by atoms with Crippen LogP contribution in [0.3, 0.4) is 0 Å². The SMILES string of the molecule is Cc1nc2c(n1CC(N)c1cccc(F)c1)CCCC2. The number of fused-ring (bicyclic) bond motifs is 1. The van der Waals surface area contributed by atoms with Crippen LogP contribution < -0.4 is 5.73 Å². The minimum atomic E-state index is -0.234.